The highest BCUT2D eigenvalue weighted by Gasteiger charge is 2.38. The third-order valence-electron chi connectivity index (χ3n) is 7.37. The van der Waals surface area contributed by atoms with Crippen LogP contribution < -0.4 is 15.4 Å². The predicted molar refractivity (Wildman–Crippen MR) is 170 cm³/mol. The lowest BCUT2D eigenvalue weighted by molar-refractivity contribution is -0.139. The van der Waals surface area contributed by atoms with Gasteiger partial charge >= 0.3 is 11.9 Å². The van der Waals surface area contributed by atoms with Gasteiger partial charge in [-0.2, -0.15) is 0 Å². The lowest BCUT2D eigenvalue weighted by Gasteiger charge is -2.30. The average Bonchev–Trinajstić information content (AvgIpc) is 3.02. The Morgan fingerprint density at radius 1 is 0.909 bits per heavy atom. The topological polar surface area (TPSA) is 106 Å². The molecule has 9 heteroatoms. The number of ether oxygens (including phenoxy) is 3. The van der Waals surface area contributed by atoms with Crippen LogP contribution in [-0.4, -0.2) is 56.6 Å². The van der Waals surface area contributed by atoms with E-state index in [1.807, 2.05) is 54.6 Å². The Hall–Kier alpha value is -4.11. The van der Waals surface area contributed by atoms with Gasteiger partial charge in [0.2, 0.25) is 0 Å². The first-order chi connectivity index (χ1) is 21.3. The van der Waals surface area contributed by atoms with Crippen LogP contribution in [0, 0.1) is 0 Å². The summed E-state index contributed by atoms with van der Waals surface area (Å²) >= 11 is 6.54. The number of aliphatic hydroxyl groups excluding tert-OH is 1. The second-order valence-corrected chi connectivity index (χ2v) is 11.0. The van der Waals surface area contributed by atoms with Gasteiger partial charge in [-0.05, 0) is 61.7 Å². The van der Waals surface area contributed by atoms with E-state index in [2.05, 4.69) is 16.7 Å². The van der Waals surface area contributed by atoms with E-state index < -0.39 is 24.0 Å². The number of para-hydroxylation sites is 1. The average molecular weight is 619 g/mol. The lowest BCUT2D eigenvalue weighted by atomic mass is 9.80. The van der Waals surface area contributed by atoms with Gasteiger partial charge in [-0.15, -0.1) is 0 Å². The molecule has 2 unspecified atom stereocenters. The van der Waals surface area contributed by atoms with Crippen LogP contribution in [0.15, 0.2) is 101 Å². The number of esters is 2. The molecule has 0 amide bonds. The third kappa shape index (κ3) is 8.72. The third-order valence-corrected chi connectivity index (χ3v) is 7.72. The van der Waals surface area contributed by atoms with Gasteiger partial charge in [-0.3, -0.25) is 0 Å². The fourth-order valence-electron chi connectivity index (χ4n) is 5.21. The molecule has 0 fully saturated rings. The van der Waals surface area contributed by atoms with Gasteiger partial charge in [-0.1, -0.05) is 72.3 Å². The summed E-state index contributed by atoms with van der Waals surface area (Å²) in [6, 6.07) is 24.7. The standard InChI is InChI=1S/C35H39ClN2O6/c1-23-31(34(40)42-3)33(29-14-7-8-15-30(29)36)32(24(2)38-23)35(41)43-19-17-26-11-9-10-25(20-26)16-18-37-21-27(39)22-44-28-12-5-4-6-13-28/h4-15,20,27,33,37-39H,16-19,21-22H2,1-3H3. The van der Waals surface area contributed by atoms with E-state index in [-0.39, 0.29) is 13.2 Å². The van der Waals surface area contributed by atoms with Gasteiger partial charge in [0.25, 0.3) is 0 Å². The smallest absolute Gasteiger partial charge is 0.336 e. The summed E-state index contributed by atoms with van der Waals surface area (Å²) < 4.78 is 16.4. The molecular formula is C35H39ClN2O6. The zero-order chi connectivity index (χ0) is 31.5. The number of carbonyl (C=O) groups is 2. The van der Waals surface area contributed by atoms with E-state index >= 15 is 0 Å². The van der Waals surface area contributed by atoms with Crippen LogP contribution in [0.4, 0.5) is 0 Å². The van der Waals surface area contributed by atoms with E-state index in [1.54, 1.807) is 32.0 Å². The molecule has 3 aromatic carbocycles. The van der Waals surface area contributed by atoms with Crippen molar-refractivity contribution in [1.29, 1.82) is 0 Å². The molecule has 0 aromatic heterocycles. The minimum absolute atomic E-state index is 0.163. The van der Waals surface area contributed by atoms with E-state index in [9.17, 15) is 14.7 Å². The highest BCUT2D eigenvalue weighted by molar-refractivity contribution is 6.31. The van der Waals surface area contributed by atoms with E-state index in [0.29, 0.717) is 52.6 Å². The molecule has 3 aromatic rings. The van der Waals surface area contributed by atoms with Crippen LogP contribution >= 0.6 is 11.6 Å². The van der Waals surface area contributed by atoms with Crippen molar-refractivity contribution in [3.05, 3.63) is 123 Å². The summed E-state index contributed by atoms with van der Waals surface area (Å²) in [5, 5.41) is 17.0. The zero-order valence-corrected chi connectivity index (χ0v) is 26.0. The first kappa shape index (κ1) is 32.8. The van der Waals surface area contributed by atoms with Crippen molar-refractivity contribution in [3.8, 4) is 5.75 Å². The Balaban J connectivity index is 1.31. The molecule has 3 N–H and O–H groups in total. The number of methoxy groups -OCH3 is 1. The number of carbonyl (C=O) groups excluding carboxylic acids is 2. The Labute approximate surface area is 263 Å². The first-order valence-corrected chi connectivity index (χ1v) is 15.0. The minimum Gasteiger partial charge on any atom is -0.491 e. The summed E-state index contributed by atoms with van der Waals surface area (Å²) in [6.45, 7) is 5.05. The summed E-state index contributed by atoms with van der Waals surface area (Å²) in [7, 11) is 1.31. The molecule has 2 atom stereocenters. The fraction of sp³-hybridized carbons (Fsp3) is 0.314. The molecule has 0 saturated carbocycles. The highest BCUT2D eigenvalue weighted by atomic mass is 35.5. The molecule has 0 aliphatic carbocycles. The van der Waals surface area contributed by atoms with Crippen molar-refractivity contribution in [2.24, 2.45) is 0 Å². The molecule has 1 aliphatic heterocycles. The van der Waals surface area contributed by atoms with Crippen LogP contribution in [0.3, 0.4) is 0 Å². The van der Waals surface area contributed by atoms with E-state index in [4.69, 9.17) is 25.8 Å². The Morgan fingerprint density at radius 3 is 2.27 bits per heavy atom. The number of benzene rings is 3. The lowest BCUT2D eigenvalue weighted by Crippen LogP contribution is -2.32. The second kappa shape index (κ2) is 16.1. The molecule has 0 bridgehead atoms. The maximum absolute atomic E-state index is 13.5. The molecule has 44 heavy (non-hydrogen) atoms. The number of aliphatic hydroxyl groups is 1. The maximum atomic E-state index is 13.5. The number of allylic oxidation sites excluding steroid dienone is 2. The summed E-state index contributed by atoms with van der Waals surface area (Å²) in [4.78, 5) is 26.3. The van der Waals surface area contributed by atoms with Gasteiger partial charge in [0, 0.05) is 29.4 Å². The molecule has 232 valence electrons. The van der Waals surface area contributed by atoms with Crippen molar-refractivity contribution in [1.82, 2.24) is 10.6 Å². The molecule has 0 radical (unpaired) electrons. The van der Waals surface area contributed by atoms with Crippen molar-refractivity contribution < 1.29 is 28.9 Å². The number of nitrogens with one attached hydrogen (secondary N) is 2. The van der Waals surface area contributed by atoms with E-state index in [0.717, 1.165) is 23.3 Å². The molecule has 4 rings (SSSR count). The summed E-state index contributed by atoms with van der Waals surface area (Å²) in [6.07, 6.45) is 0.687. The van der Waals surface area contributed by atoms with Crippen LogP contribution in [0.5, 0.6) is 5.75 Å². The molecule has 1 heterocycles. The minimum atomic E-state index is -0.732. The van der Waals surface area contributed by atoms with Gasteiger partial charge in [0.1, 0.15) is 18.5 Å². The number of rotatable bonds is 14. The molecule has 0 saturated heterocycles. The SMILES string of the molecule is COC(=O)C1=C(C)NC(C)=C(C(=O)OCCc2cccc(CCNCC(O)COc3ccccc3)c2)C1c1ccccc1Cl. The van der Waals surface area contributed by atoms with Gasteiger partial charge < -0.3 is 30.0 Å². The van der Waals surface area contributed by atoms with Crippen molar-refractivity contribution in [2.45, 2.75) is 38.7 Å². The van der Waals surface area contributed by atoms with E-state index in [1.165, 1.54) is 7.11 Å². The van der Waals surface area contributed by atoms with Crippen LogP contribution in [0.2, 0.25) is 5.02 Å². The second-order valence-electron chi connectivity index (χ2n) is 10.6. The van der Waals surface area contributed by atoms with Crippen LogP contribution in [0.25, 0.3) is 0 Å². The molecule has 1 aliphatic rings. The highest BCUT2D eigenvalue weighted by Crippen LogP contribution is 2.41. The van der Waals surface area contributed by atoms with Crippen LogP contribution in [-0.2, 0) is 31.9 Å². The maximum Gasteiger partial charge on any atom is 0.336 e. The molecule has 0 spiro atoms. The Bertz CT molecular complexity index is 1500. The first-order valence-electron chi connectivity index (χ1n) is 14.6. The van der Waals surface area contributed by atoms with Crippen molar-refractivity contribution in [3.63, 3.8) is 0 Å². The molecular weight excluding hydrogens is 580 g/mol. The quantitative estimate of drug-likeness (QED) is 0.169. The Morgan fingerprint density at radius 2 is 1.57 bits per heavy atom. The number of hydrogen-bond donors (Lipinski definition) is 3. The normalized spacial score (nSPS) is 15.4. The Kier molecular flexibility index (Phi) is 12.0. The van der Waals surface area contributed by atoms with Crippen molar-refractivity contribution >= 4 is 23.5 Å². The largest absolute Gasteiger partial charge is 0.491 e. The monoisotopic (exact) mass is 618 g/mol. The summed E-state index contributed by atoms with van der Waals surface area (Å²) in [5.41, 5.74) is 4.62. The summed E-state index contributed by atoms with van der Waals surface area (Å²) in [5.74, 6) is -1.07. The zero-order valence-electron chi connectivity index (χ0n) is 25.3. The van der Waals surface area contributed by atoms with Gasteiger partial charge in [0.15, 0.2) is 0 Å². The van der Waals surface area contributed by atoms with Gasteiger partial charge in [-0.25, -0.2) is 9.59 Å². The van der Waals surface area contributed by atoms with Gasteiger partial charge in [0.05, 0.1) is 30.8 Å². The van der Waals surface area contributed by atoms with Crippen LogP contribution in [0.1, 0.15) is 36.5 Å². The predicted octanol–water partition coefficient (Wildman–Crippen LogP) is 5.11. The number of hydrogen-bond acceptors (Lipinski definition) is 8. The van der Waals surface area contributed by atoms with Crippen molar-refractivity contribution in [2.75, 3.05) is 33.4 Å². The molecule has 8 nitrogen and oxygen atoms in total. The number of dihydropyridines is 1. The number of halogens is 1. The fourth-order valence-corrected chi connectivity index (χ4v) is 5.46.